The van der Waals surface area contributed by atoms with Crippen LogP contribution in [0.5, 0.6) is 0 Å². The van der Waals surface area contributed by atoms with Crippen molar-refractivity contribution >= 4 is 22.7 Å². The first-order chi connectivity index (χ1) is 13.0. The number of pyridine rings is 1. The van der Waals surface area contributed by atoms with Crippen molar-refractivity contribution in [1.29, 1.82) is 0 Å². The number of halogens is 3. The first kappa shape index (κ1) is 16.3. The second-order valence-electron chi connectivity index (χ2n) is 7.03. The van der Waals surface area contributed by atoms with Crippen molar-refractivity contribution in [3.05, 3.63) is 36.4 Å². The molecule has 7 nitrogen and oxygen atoms in total. The molecule has 0 bridgehead atoms. The zero-order valence-electron chi connectivity index (χ0n) is 14.2. The van der Waals surface area contributed by atoms with Gasteiger partial charge in [-0.1, -0.05) is 0 Å². The molecule has 2 unspecified atom stereocenters. The van der Waals surface area contributed by atoms with Crippen LogP contribution in [0.3, 0.4) is 0 Å². The smallest absolute Gasteiger partial charge is 0.355 e. The number of nitrogens with zero attached hydrogens (tertiary/aromatic N) is 6. The molecule has 0 amide bonds. The van der Waals surface area contributed by atoms with Crippen LogP contribution in [0.25, 0.3) is 11.0 Å². The van der Waals surface area contributed by atoms with Gasteiger partial charge in [0, 0.05) is 44.2 Å². The third-order valence-electron chi connectivity index (χ3n) is 5.40. The summed E-state index contributed by atoms with van der Waals surface area (Å²) in [5.74, 6) is 1.39. The van der Waals surface area contributed by atoms with Gasteiger partial charge in [-0.05, 0) is 12.1 Å². The summed E-state index contributed by atoms with van der Waals surface area (Å²) in [5.41, 5.74) is 0.0136. The highest BCUT2D eigenvalue weighted by molar-refractivity contribution is 5.86. The van der Waals surface area contributed by atoms with Crippen molar-refractivity contribution in [1.82, 2.24) is 25.1 Å². The lowest BCUT2D eigenvalue weighted by molar-refractivity contribution is -0.137. The van der Waals surface area contributed by atoms with Crippen molar-refractivity contribution in [2.45, 2.75) is 6.18 Å². The van der Waals surface area contributed by atoms with Gasteiger partial charge in [0.25, 0.3) is 0 Å². The number of fused-ring (bicyclic) bond motifs is 2. The molecule has 2 saturated heterocycles. The van der Waals surface area contributed by atoms with Crippen LogP contribution in [0.15, 0.2) is 30.9 Å². The quantitative estimate of drug-likeness (QED) is 0.741. The molecule has 0 spiro atoms. The predicted octanol–water partition coefficient (Wildman–Crippen LogP) is 2.34. The number of hydrogen-bond donors (Lipinski definition) is 1. The van der Waals surface area contributed by atoms with Gasteiger partial charge in [-0.2, -0.15) is 18.3 Å². The SMILES string of the molecule is FC(F)(F)c1cccnc1N1CC2CN(c3ncnc4[nH]ncc34)CC2C1. The molecule has 2 aliphatic heterocycles. The highest BCUT2D eigenvalue weighted by atomic mass is 19.4. The number of nitrogens with one attached hydrogen (secondary N) is 1. The fourth-order valence-electron chi connectivity index (χ4n) is 4.21. The highest BCUT2D eigenvalue weighted by Crippen LogP contribution is 2.40. The Bertz CT molecular complexity index is 972. The first-order valence-electron chi connectivity index (χ1n) is 8.67. The Hall–Kier alpha value is -2.91. The average Bonchev–Trinajstić information content (AvgIpc) is 3.34. The lowest BCUT2D eigenvalue weighted by Crippen LogP contribution is -2.31. The van der Waals surface area contributed by atoms with Gasteiger partial charge in [0.1, 0.15) is 18.0 Å². The Morgan fingerprint density at radius 3 is 2.37 bits per heavy atom. The topological polar surface area (TPSA) is 73.8 Å². The molecule has 2 fully saturated rings. The van der Waals surface area contributed by atoms with E-state index in [1.165, 1.54) is 18.6 Å². The Labute approximate surface area is 152 Å². The van der Waals surface area contributed by atoms with Gasteiger partial charge in [-0.3, -0.25) is 5.10 Å². The molecule has 0 aliphatic carbocycles. The van der Waals surface area contributed by atoms with E-state index in [-0.39, 0.29) is 17.7 Å². The van der Waals surface area contributed by atoms with Crippen molar-refractivity contribution in [2.24, 2.45) is 11.8 Å². The summed E-state index contributed by atoms with van der Waals surface area (Å²) >= 11 is 0. The highest BCUT2D eigenvalue weighted by Gasteiger charge is 2.44. The van der Waals surface area contributed by atoms with Crippen molar-refractivity contribution in [3.63, 3.8) is 0 Å². The zero-order valence-corrected chi connectivity index (χ0v) is 14.2. The molecular formula is C17H16F3N7. The average molecular weight is 375 g/mol. The summed E-state index contributed by atoms with van der Waals surface area (Å²) in [5, 5.41) is 7.70. The van der Waals surface area contributed by atoms with Crippen LogP contribution in [0.4, 0.5) is 24.8 Å². The normalized spacial score (nSPS) is 22.6. The molecule has 2 atom stereocenters. The van der Waals surface area contributed by atoms with E-state index in [1.807, 2.05) is 0 Å². The number of aromatic amines is 1. The fourth-order valence-corrected chi connectivity index (χ4v) is 4.21. The maximum atomic E-state index is 13.3. The van der Waals surface area contributed by atoms with Gasteiger partial charge < -0.3 is 9.80 Å². The Balaban J connectivity index is 1.37. The summed E-state index contributed by atoms with van der Waals surface area (Å²) in [7, 11) is 0. The van der Waals surface area contributed by atoms with Crippen LogP contribution in [0.2, 0.25) is 0 Å². The molecule has 0 saturated carbocycles. The van der Waals surface area contributed by atoms with Crippen LogP contribution >= 0.6 is 0 Å². The molecule has 0 radical (unpaired) electrons. The van der Waals surface area contributed by atoms with E-state index in [4.69, 9.17) is 0 Å². The molecule has 10 heteroatoms. The minimum atomic E-state index is -4.40. The summed E-state index contributed by atoms with van der Waals surface area (Å²) in [6.45, 7) is 2.60. The lowest BCUT2D eigenvalue weighted by Gasteiger charge is -2.25. The van der Waals surface area contributed by atoms with Gasteiger partial charge in [-0.25, -0.2) is 15.0 Å². The molecule has 5 heterocycles. The second kappa shape index (κ2) is 5.80. The van der Waals surface area contributed by atoms with Gasteiger partial charge in [0.05, 0.1) is 17.1 Å². The van der Waals surface area contributed by atoms with E-state index in [0.29, 0.717) is 18.7 Å². The monoisotopic (exact) mass is 375 g/mol. The molecule has 3 aromatic heterocycles. The fraction of sp³-hybridized carbons (Fsp3) is 0.412. The van der Waals surface area contributed by atoms with E-state index in [1.54, 1.807) is 11.1 Å². The number of alkyl halides is 3. The van der Waals surface area contributed by atoms with E-state index in [2.05, 4.69) is 30.0 Å². The van der Waals surface area contributed by atoms with Crippen LogP contribution in [-0.2, 0) is 6.18 Å². The van der Waals surface area contributed by atoms with E-state index in [0.717, 1.165) is 30.4 Å². The van der Waals surface area contributed by atoms with Gasteiger partial charge >= 0.3 is 6.18 Å². The van der Waals surface area contributed by atoms with Gasteiger partial charge in [0.2, 0.25) is 0 Å². The minimum absolute atomic E-state index is 0.0326. The molecule has 2 aliphatic rings. The summed E-state index contributed by atoms with van der Waals surface area (Å²) < 4.78 is 39.9. The number of anilines is 2. The summed E-state index contributed by atoms with van der Waals surface area (Å²) in [6, 6.07) is 2.43. The molecular weight excluding hydrogens is 359 g/mol. The first-order valence-corrected chi connectivity index (χ1v) is 8.67. The number of aromatic nitrogens is 5. The number of rotatable bonds is 2. The number of H-pyrrole nitrogens is 1. The van der Waals surface area contributed by atoms with Crippen LogP contribution in [-0.4, -0.2) is 51.3 Å². The molecule has 3 aromatic rings. The van der Waals surface area contributed by atoms with Crippen molar-refractivity contribution in [3.8, 4) is 0 Å². The molecule has 5 rings (SSSR count). The second-order valence-corrected chi connectivity index (χ2v) is 7.03. The van der Waals surface area contributed by atoms with Crippen LogP contribution in [0.1, 0.15) is 5.56 Å². The van der Waals surface area contributed by atoms with Crippen molar-refractivity contribution < 1.29 is 13.2 Å². The van der Waals surface area contributed by atoms with Crippen molar-refractivity contribution in [2.75, 3.05) is 36.0 Å². The van der Waals surface area contributed by atoms with E-state index < -0.39 is 11.7 Å². The van der Waals surface area contributed by atoms with E-state index >= 15 is 0 Å². The standard InChI is InChI=1S/C17H16F3N7/c18-17(19,20)13-2-1-3-21-16(13)27-7-10-5-26(6-11(10)8-27)15-12-4-24-25-14(12)22-9-23-15/h1-4,9-11H,5-8H2,(H,22,23,24,25). The Morgan fingerprint density at radius 1 is 0.963 bits per heavy atom. The number of hydrogen-bond acceptors (Lipinski definition) is 6. The van der Waals surface area contributed by atoms with Crippen LogP contribution < -0.4 is 9.80 Å². The van der Waals surface area contributed by atoms with Crippen LogP contribution in [0, 0.1) is 11.8 Å². The molecule has 0 aromatic carbocycles. The van der Waals surface area contributed by atoms with Gasteiger partial charge in [-0.15, -0.1) is 0 Å². The minimum Gasteiger partial charge on any atom is -0.355 e. The maximum Gasteiger partial charge on any atom is 0.419 e. The Kier molecular flexibility index (Phi) is 3.49. The summed E-state index contributed by atoms with van der Waals surface area (Å²) in [4.78, 5) is 16.5. The maximum absolute atomic E-state index is 13.3. The molecule has 27 heavy (non-hydrogen) atoms. The molecule has 140 valence electrons. The molecule has 1 N–H and O–H groups in total. The lowest BCUT2D eigenvalue weighted by atomic mass is 10.0. The third-order valence-corrected chi connectivity index (χ3v) is 5.40. The van der Waals surface area contributed by atoms with Gasteiger partial charge in [0.15, 0.2) is 5.65 Å². The Morgan fingerprint density at radius 2 is 1.67 bits per heavy atom. The van der Waals surface area contributed by atoms with E-state index in [9.17, 15) is 13.2 Å². The largest absolute Gasteiger partial charge is 0.419 e. The predicted molar refractivity (Wildman–Crippen MR) is 92.3 cm³/mol. The third kappa shape index (κ3) is 2.66. The zero-order chi connectivity index (χ0) is 18.6. The summed E-state index contributed by atoms with van der Waals surface area (Å²) in [6.07, 6.45) is 0.219.